The van der Waals surface area contributed by atoms with E-state index in [0.29, 0.717) is 57.8 Å². The van der Waals surface area contributed by atoms with Gasteiger partial charge in [-0.05, 0) is 141 Å². The summed E-state index contributed by atoms with van der Waals surface area (Å²) in [5, 5.41) is 45.3. The zero-order valence-electron chi connectivity index (χ0n) is 39.4. The number of hydrogen-bond donors (Lipinski definition) is 6. The molecule has 2 saturated carbocycles. The highest BCUT2D eigenvalue weighted by molar-refractivity contribution is 9.10. The van der Waals surface area contributed by atoms with E-state index >= 15 is 0 Å². The maximum absolute atomic E-state index is 12.6. The van der Waals surface area contributed by atoms with Gasteiger partial charge in [0.2, 0.25) is 11.8 Å². The Hall–Kier alpha value is -4.41. The van der Waals surface area contributed by atoms with E-state index in [9.17, 15) is 30.0 Å². The summed E-state index contributed by atoms with van der Waals surface area (Å²) in [7, 11) is -0.409. The van der Waals surface area contributed by atoms with Crippen LogP contribution in [-0.4, -0.2) is 118 Å². The van der Waals surface area contributed by atoms with Crippen LogP contribution in [0.5, 0.6) is 0 Å². The number of nitrogens with one attached hydrogen (secondary N) is 2. The number of nitrogens with zero attached hydrogens (tertiary/aromatic N) is 8. The summed E-state index contributed by atoms with van der Waals surface area (Å²) in [5.41, 5.74) is 0.791. The average molecular weight is 1010 g/mol. The molecule has 1 saturated heterocycles. The first kappa shape index (κ1) is 52.0. The Kier molecular flexibility index (Phi) is 16.0. The van der Waals surface area contributed by atoms with Gasteiger partial charge in [-0.2, -0.15) is 0 Å². The lowest BCUT2D eigenvalue weighted by atomic mass is 9.80. The first-order valence-electron chi connectivity index (χ1n) is 22.6. The summed E-state index contributed by atoms with van der Waals surface area (Å²) in [6.45, 7) is 15.3. The quantitative estimate of drug-likeness (QED) is 0.137. The van der Waals surface area contributed by atoms with Gasteiger partial charge >= 0.3 is 7.12 Å². The van der Waals surface area contributed by atoms with E-state index in [1.54, 1.807) is 74.4 Å². The third-order valence-corrected chi connectivity index (χ3v) is 13.4. The molecule has 0 unspecified atom stereocenters. The molecule has 9 rings (SSSR count). The lowest BCUT2D eigenvalue weighted by molar-refractivity contribution is -0.118. The number of hydrogen-bond acceptors (Lipinski definition) is 16. The predicted octanol–water partition coefficient (Wildman–Crippen LogP) is 5.16. The standard InChI is InChI=1S/C20H25N5O3.C14H22BNO3.C12H15BrN4O2.ClH/c1-20(2,28)16-8-3-12(9-21-16)15-10-22-18-19(24-15)25(17(27)11-23-18)13-4-6-14(26)7-5-13;1-12(2,17)11-8-7-10(9-16-11)15-18-13(3,4)14(5,6)19-15;13-9-5-14-11-12(16-9)17(10(19)6-15-11)7-1-3-8(18)4-2-7;/h3,8-10,13-14,26,28H,4-7,11H2,1-2H3,(H,22,23);7-9,17H,1-6H3;5,7-8,18H,1-4,6H2,(H,14,15);1H. The molecule has 67 heavy (non-hydrogen) atoms. The molecule has 3 aliphatic heterocycles. The van der Waals surface area contributed by atoms with Crippen molar-refractivity contribution in [2.45, 2.75) is 153 Å². The number of carbonyl (C=O) groups is 2. The van der Waals surface area contributed by atoms with Crippen molar-refractivity contribution in [2.24, 2.45) is 0 Å². The average Bonchev–Trinajstić information content (AvgIpc) is 3.49. The third kappa shape index (κ3) is 12.1. The molecule has 7 heterocycles. The van der Waals surface area contributed by atoms with Gasteiger partial charge in [0.05, 0.1) is 66.0 Å². The van der Waals surface area contributed by atoms with Crippen molar-refractivity contribution in [3.05, 3.63) is 65.0 Å². The number of fused-ring (bicyclic) bond motifs is 2. The van der Waals surface area contributed by atoms with Crippen molar-refractivity contribution >= 4 is 76.0 Å². The Balaban J connectivity index is 0.000000170. The van der Waals surface area contributed by atoms with Gasteiger partial charge in [-0.3, -0.25) is 29.4 Å². The third-order valence-electron chi connectivity index (χ3n) is 13.0. The molecule has 4 aromatic heterocycles. The molecule has 2 aliphatic carbocycles. The van der Waals surface area contributed by atoms with Gasteiger partial charge in [0.25, 0.3) is 0 Å². The molecule has 0 bridgehead atoms. The first-order chi connectivity index (χ1) is 31.0. The van der Waals surface area contributed by atoms with Gasteiger partial charge in [0.1, 0.15) is 15.8 Å². The molecule has 21 heteroatoms. The molecule has 0 atom stereocenters. The number of aromatic nitrogens is 6. The maximum atomic E-state index is 12.6. The van der Waals surface area contributed by atoms with Crippen molar-refractivity contribution in [2.75, 3.05) is 33.5 Å². The highest BCUT2D eigenvalue weighted by Gasteiger charge is 2.52. The van der Waals surface area contributed by atoms with E-state index in [2.05, 4.69) is 51.5 Å². The second kappa shape index (κ2) is 20.7. The van der Waals surface area contributed by atoms with Crippen LogP contribution in [0.3, 0.4) is 0 Å². The smallest absolute Gasteiger partial charge is 0.399 e. The van der Waals surface area contributed by atoms with Crippen LogP contribution in [0.2, 0.25) is 0 Å². The number of carbonyl (C=O) groups excluding carboxylic acids is 2. The molecular weight excluding hydrogens is 947 g/mol. The molecule has 0 spiro atoms. The minimum Gasteiger partial charge on any atom is -0.399 e. The summed E-state index contributed by atoms with van der Waals surface area (Å²) < 4.78 is 12.5. The van der Waals surface area contributed by atoms with E-state index in [-0.39, 0.29) is 72.8 Å². The number of anilines is 4. The zero-order valence-corrected chi connectivity index (χ0v) is 41.8. The first-order valence-corrected chi connectivity index (χ1v) is 23.4. The number of halogens is 2. The van der Waals surface area contributed by atoms with Crippen molar-refractivity contribution in [3.63, 3.8) is 0 Å². The topological polar surface area (TPSA) is 241 Å². The summed E-state index contributed by atoms with van der Waals surface area (Å²) in [4.78, 5) is 54.7. The van der Waals surface area contributed by atoms with Crippen molar-refractivity contribution in [1.82, 2.24) is 29.9 Å². The predicted molar refractivity (Wildman–Crippen MR) is 261 cm³/mol. The molecule has 0 radical (unpaired) electrons. The molecule has 5 aliphatic rings. The van der Waals surface area contributed by atoms with Gasteiger partial charge in [0.15, 0.2) is 23.3 Å². The fourth-order valence-corrected chi connectivity index (χ4v) is 8.64. The molecular formula is C46H63BBrClN10O8. The van der Waals surface area contributed by atoms with Crippen molar-refractivity contribution in [3.8, 4) is 11.3 Å². The summed E-state index contributed by atoms with van der Waals surface area (Å²) in [5.74, 6) is 2.34. The van der Waals surface area contributed by atoms with E-state index in [0.717, 1.165) is 49.6 Å². The Bertz CT molecular complexity index is 2340. The number of aliphatic hydroxyl groups is 4. The number of amides is 2. The number of pyridine rings is 2. The minimum absolute atomic E-state index is 0. The summed E-state index contributed by atoms with van der Waals surface area (Å²) >= 11 is 3.29. The van der Waals surface area contributed by atoms with Crippen LogP contribution in [0.15, 0.2) is 53.7 Å². The fourth-order valence-electron chi connectivity index (χ4n) is 8.37. The monoisotopic (exact) mass is 1010 g/mol. The highest BCUT2D eigenvalue weighted by atomic mass is 79.9. The van der Waals surface area contributed by atoms with Crippen molar-refractivity contribution in [1.29, 1.82) is 0 Å². The van der Waals surface area contributed by atoms with Gasteiger partial charge in [0, 0.05) is 35.5 Å². The van der Waals surface area contributed by atoms with Crippen LogP contribution in [-0.2, 0) is 30.1 Å². The molecule has 6 N–H and O–H groups in total. The van der Waals surface area contributed by atoms with E-state index in [4.69, 9.17) is 14.3 Å². The molecule has 2 amide bonds. The van der Waals surface area contributed by atoms with Gasteiger partial charge in [-0.15, -0.1) is 12.4 Å². The maximum Gasteiger partial charge on any atom is 0.496 e. The van der Waals surface area contributed by atoms with Crippen LogP contribution in [0.4, 0.5) is 23.3 Å². The second-order valence-electron chi connectivity index (χ2n) is 19.6. The van der Waals surface area contributed by atoms with Crippen LogP contribution in [0, 0.1) is 0 Å². The van der Waals surface area contributed by atoms with Crippen LogP contribution >= 0.6 is 28.3 Å². The molecule has 3 fully saturated rings. The Morgan fingerprint density at radius 2 is 1.10 bits per heavy atom. The van der Waals surface area contributed by atoms with E-state index in [1.165, 1.54) is 0 Å². The van der Waals surface area contributed by atoms with Crippen LogP contribution in [0.25, 0.3) is 11.3 Å². The Labute approximate surface area is 406 Å². The summed E-state index contributed by atoms with van der Waals surface area (Å²) in [6.07, 6.45) is 12.1. The number of aliphatic hydroxyl groups excluding tert-OH is 2. The Morgan fingerprint density at radius 1 is 0.657 bits per heavy atom. The fraction of sp³-hybridized carbons (Fsp3) is 0.565. The van der Waals surface area contributed by atoms with Crippen LogP contribution in [0.1, 0.15) is 118 Å². The molecule has 362 valence electrons. The second-order valence-corrected chi connectivity index (χ2v) is 20.4. The lowest BCUT2D eigenvalue weighted by Crippen LogP contribution is -2.49. The van der Waals surface area contributed by atoms with Crippen molar-refractivity contribution < 1.29 is 39.3 Å². The SMILES string of the molecule is CC(C)(O)c1ccc(-c2cnc3c(n2)N(C2CCC(O)CC2)C(=O)CN3)cn1.CC(C)(O)c1ccc(B2OC(C)(C)C(C)(C)O2)cn1.Cl.O=C1CNc2ncc(Br)nc2N1C1CCC(O)CC1. The van der Waals surface area contributed by atoms with Gasteiger partial charge in [-0.25, -0.2) is 19.9 Å². The van der Waals surface area contributed by atoms with E-state index < -0.39 is 18.3 Å². The summed E-state index contributed by atoms with van der Waals surface area (Å²) in [6, 6.07) is 7.44. The lowest BCUT2D eigenvalue weighted by Gasteiger charge is -2.38. The molecule has 0 aromatic carbocycles. The van der Waals surface area contributed by atoms with Gasteiger partial charge in [-0.1, -0.05) is 6.07 Å². The molecule has 18 nitrogen and oxygen atoms in total. The number of rotatable bonds is 6. The highest BCUT2D eigenvalue weighted by Crippen LogP contribution is 2.38. The van der Waals surface area contributed by atoms with E-state index in [1.807, 2.05) is 39.8 Å². The minimum atomic E-state index is -1.02. The zero-order chi connectivity index (χ0) is 47.8. The Morgan fingerprint density at radius 3 is 1.54 bits per heavy atom. The van der Waals surface area contributed by atoms with Gasteiger partial charge < -0.3 is 40.4 Å². The van der Waals surface area contributed by atoms with Crippen LogP contribution < -0.4 is 25.9 Å². The largest absolute Gasteiger partial charge is 0.496 e. The molecule has 4 aromatic rings. The normalized spacial score (nSPS) is 23.2.